The van der Waals surface area contributed by atoms with Crippen molar-refractivity contribution in [2.75, 3.05) is 5.73 Å². The van der Waals surface area contributed by atoms with Crippen LogP contribution < -0.4 is 10.5 Å². The van der Waals surface area contributed by atoms with Gasteiger partial charge in [-0.1, -0.05) is 22.0 Å². The van der Waals surface area contributed by atoms with Gasteiger partial charge < -0.3 is 10.5 Å². The Hall–Kier alpha value is -0.590. The van der Waals surface area contributed by atoms with E-state index in [0.717, 1.165) is 13.4 Å². The van der Waals surface area contributed by atoms with Crippen molar-refractivity contribution in [2.45, 2.75) is 6.61 Å². The number of hydrogen-bond donors (Lipinski definition) is 1. The molecular formula is C13H9Br3FNO. The molecule has 100 valence electrons. The fourth-order valence-corrected chi connectivity index (χ4v) is 3.97. The second-order valence-corrected chi connectivity index (χ2v) is 6.47. The second kappa shape index (κ2) is 6.24. The average Bonchev–Trinajstić information content (AvgIpc) is 2.32. The Morgan fingerprint density at radius 2 is 1.68 bits per heavy atom. The number of anilines is 1. The predicted molar refractivity (Wildman–Crippen MR) is 84.7 cm³/mol. The predicted octanol–water partition coefficient (Wildman–Crippen LogP) is 5.27. The van der Waals surface area contributed by atoms with Crippen LogP contribution in [0.3, 0.4) is 0 Å². The smallest absolute Gasteiger partial charge is 0.148 e. The van der Waals surface area contributed by atoms with Crippen molar-refractivity contribution in [1.82, 2.24) is 0 Å². The Labute approximate surface area is 135 Å². The van der Waals surface area contributed by atoms with E-state index < -0.39 is 5.82 Å². The van der Waals surface area contributed by atoms with Gasteiger partial charge in [-0.3, -0.25) is 0 Å². The maximum atomic E-state index is 13.3. The lowest BCUT2D eigenvalue weighted by Gasteiger charge is -2.11. The highest BCUT2D eigenvalue weighted by molar-refractivity contribution is 9.11. The molecule has 0 saturated heterocycles. The normalized spacial score (nSPS) is 10.5. The summed E-state index contributed by atoms with van der Waals surface area (Å²) in [7, 11) is 0. The standard InChI is InChI=1S/C13H9Br3FNO/c14-8-4-9(15)13(10(16)5-8)19-6-7-1-2-12(18)11(17)3-7/h1-5H,6,18H2. The molecule has 0 atom stereocenters. The summed E-state index contributed by atoms with van der Waals surface area (Å²) in [6.45, 7) is 0.260. The number of nitrogens with two attached hydrogens (primary N) is 1. The van der Waals surface area contributed by atoms with Gasteiger partial charge in [-0.25, -0.2) is 4.39 Å². The molecule has 2 rings (SSSR count). The minimum absolute atomic E-state index is 0.134. The SMILES string of the molecule is Nc1ccc(COc2c(Br)cc(Br)cc2Br)cc1F. The summed E-state index contributed by atoms with van der Waals surface area (Å²) in [6, 6.07) is 8.39. The molecule has 0 unspecified atom stereocenters. The van der Waals surface area contributed by atoms with E-state index in [9.17, 15) is 4.39 Å². The first-order valence-corrected chi connectivity index (χ1v) is 7.66. The molecule has 0 spiro atoms. The van der Waals surface area contributed by atoms with E-state index in [1.165, 1.54) is 12.1 Å². The van der Waals surface area contributed by atoms with Gasteiger partial charge in [0.2, 0.25) is 0 Å². The zero-order valence-electron chi connectivity index (χ0n) is 9.59. The van der Waals surface area contributed by atoms with E-state index in [1.807, 2.05) is 12.1 Å². The quantitative estimate of drug-likeness (QED) is 0.642. The molecule has 0 aromatic heterocycles. The Balaban J connectivity index is 2.16. The number of benzene rings is 2. The monoisotopic (exact) mass is 451 g/mol. The molecule has 2 nitrogen and oxygen atoms in total. The molecule has 2 aromatic carbocycles. The lowest BCUT2D eigenvalue weighted by Crippen LogP contribution is -1.99. The van der Waals surface area contributed by atoms with Crippen molar-refractivity contribution in [1.29, 1.82) is 0 Å². The van der Waals surface area contributed by atoms with Crippen LogP contribution in [0.25, 0.3) is 0 Å². The number of nitrogen functional groups attached to an aromatic ring is 1. The average molecular weight is 454 g/mol. The van der Waals surface area contributed by atoms with Crippen LogP contribution in [0, 0.1) is 5.82 Å². The third kappa shape index (κ3) is 3.70. The highest BCUT2D eigenvalue weighted by atomic mass is 79.9. The summed E-state index contributed by atoms with van der Waals surface area (Å²) in [5.41, 5.74) is 6.27. The molecule has 2 N–H and O–H groups in total. The van der Waals surface area contributed by atoms with Crippen LogP contribution in [0.1, 0.15) is 5.56 Å². The largest absolute Gasteiger partial charge is 0.487 e. The van der Waals surface area contributed by atoms with Crippen molar-refractivity contribution in [3.05, 3.63) is 55.1 Å². The van der Waals surface area contributed by atoms with Crippen molar-refractivity contribution in [3.63, 3.8) is 0 Å². The van der Waals surface area contributed by atoms with Gasteiger partial charge in [-0.15, -0.1) is 0 Å². The Morgan fingerprint density at radius 1 is 1.05 bits per heavy atom. The highest BCUT2D eigenvalue weighted by Crippen LogP contribution is 2.36. The topological polar surface area (TPSA) is 35.2 Å². The second-order valence-electron chi connectivity index (χ2n) is 3.84. The maximum absolute atomic E-state index is 13.3. The molecule has 0 aliphatic rings. The van der Waals surface area contributed by atoms with E-state index in [2.05, 4.69) is 47.8 Å². The molecule has 2 aromatic rings. The molecule has 0 bridgehead atoms. The van der Waals surface area contributed by atoms with E-state index in [0.29, 0.717) is 11.3 Å². The third-order valence-electron chi connectivity index (χ3n) is 2.41. The fourth-order valence-electron chi connectivity index (χ4n) is 1.48. The lowest BCUT2D eigenvalue weighted by molar-refractivity contribution is 0.301. The van der Waals surface area contributed by atoms with Crippen molar-refractivity contribution in [3.8, 4) is 5.75 Å². The van der Waals surface area contributed by atoms with Gasteiger partial charge in [0.25, 0.3) is 0 Å². The summed E-state index contributed by atoms with van der Waals surface area (Å²) in [4.78, 5) is 0. The van der Waals surface area contributed by atoms with Crippen molar-refractivity contribution < 1.29 is 9.13 Å². The molecular weight excluding hydrogens is 445 g/mol. The zero-order valence-corrected chi connectivity index (χ0v) is 14.3. The summed E-state index contributed by atoms with van der Waals surface area (Å²) in [5.74, 6) is 0.232. The van der Waals surface area contributed by atoms with E-state index in [1.54, 1.807) is 6.07 Å². The van der Waals surface area contributed by atoms with E-state index in [4.69, 9.17) is 10.5 Å². The van der Waals surface area contributed by atoms with Gasteiger partial charge in [-0.2, -0.15) is 0 Å². The Bertz CT molecular complexity index is 596. The third-order valence-corrected chi connectivity index (χ3v) is 4.05. The number of hydrogen-bond acceptors (Lipinski definition) is 2. The number of ether oxygens (including phenoxy) is 1. The molecule has 0 amide bonds. The van der Waals surface area contributed by atoms with Gasteiger partial charge >= 0.3 is 0 Å². The van der Waals surface area contributed by atoms with Crippen LogP contribution >= 0.6 is 47.8 Å². The molecule has 0 aliphatic heterocycles. The van der Waals surface area contributed by atoms with Gasteiger partial charge in [0, 0.05) is 4.47 Å². The molecule has 0 fully saturated rings. The van der Waals surface area contributed by atoms with Crippen LogP contribution in [0.5, 0.6) is 5.75 Å². The van der Waals surface area contributed by atoms with Crippen LogP contribution in [-0.2, 0) is 6.61 Å². The van der Waals surface area contributed by atoms with Gasteiger partial charge in [0.05, 0.1) is 14.6 Å². The van der Waals surface area contributed by atoms with Crippen molar-refractivity contribution >= 4 is 53.5 Å². The highest BCUT2D eigenvalue weighted by Gasteiger charge is 2.09. The lowest BCUT2D eigenvalue weighted by atomic mass is 10.2. The van der Waals surface area contributed by atoms with Crippen LogP contribution in [0.2, 0.25) is 0 Å². The van der Waals surface area contributed by atoms with Gasteiger partial charge in [-0.05, 0) is 61.7 Å². The molecule has 0 radical (unpaired) electrons. The Kier molecular flexibility index (Phi) is 4.86. The Morgan fingerprint density at radius 3 is 2.26 bits per heavy atom. The molecule has 0 aliphatic carbocycles. The molecule has 0 heterocycles. The number of halogens is 4. The zero-order chi connectivity index (χ0) is 14.0. The van der Waals surface area contributed by atoms with Gasteiger partial charge in [0.15, 0.2) is 0 Å². The molecule has 6 heteroatoms. The summed E-state index contributed by atoms with van der Waals surface area (Å²) in [5, 5.41) is 0. The van der Waals surface area contributed by atoms with Crippen LogP contribution in [0.4, 0.5) is 10.1 Å². The minimum atomic E-state index is -0.435. The summed E-state index contributed by atoms with van der Waals surface area (Å²) >= 11 is 10.2. The fraction of sp³-hybridized carbons (Fsp3) is 0.0769. The molecule has 0 saturated carbocycles. The van der Waals surface area contributed by atoms with Crippen LogP contribution in [0.15, 0.2) is 43.7 Å². The minimum Gasteiger partial charge on any atom is -0.487 e. The summed E-state index contributed by atoms with van der Waals surface area (Å²) < 4.78 is 21.5. The van der Waals surface area contributed by atoms with Crippen LogP contribution in [-0.4, -0.2) is 0 Å². The van der Waals surface area contributed by atoms with E-state index in [-0.39, 0.29) is 12.3 Å². The van der Waals surface area contributed by atoms with E-state index >= 15 is 0 Å². The first kappa shape index (κ1) is 14.8. The summed E-state index contributed by atoms with van der Waals surface area (Å²) in [6.07, 6.45) is 0. The van der Waals surface area contributed by atoms with Gasteiger partial charge in [0.1, 0.15) is 18.2 Å². The first-order valence-electron chi connectivity index (χ1n) is 5.28. The maximum Gasteiger partial charge on any atom is 0.148 e. The number of rotatable bonds is 3. The van der Waals surface area contributed by atoms with Crippen molar-refractivity contribution in [2.24, 2.45) is 0 Å². The first-order chi connectivity index (χ1) is 8.97. The molecule has 19 heavy (non-hydrogen) atoms.